The van der Waals surface area contributed by atoms with Crippen molar-refractivity contribution in [2.24, 2.45) is 11.8 Å². The predicted molar refractivity (Wildman–Crippen MR) is 117 cm³/mol. The van der Waals surface area contributed by atoms with Crippen LogP contribution >= 0.6 is 34.0 Å². The Morgan fingerprint density at radius 1 is 0.720 bits per heavy atom. The van der Waals surface area contributed by atoms with E-state index in [1.165, 1.54) is 56.3 Å². The van der Waals surface area contributed by atoms with Crippen LogP contribution in [0.3, 0.4) is 0 Å². The molecule has 3 heteroatoms. The summed E-state index contributed by atoms with van der Waals surface area (Å²) in [4.78, 5) is 5.84. The molecule has 0 spiro atoms. The van der Waals surface area contributed by atoms with Crippen molar-refractivity contribution in [3.05, 3.63) is 46.2 Å². The second kappa shape index (κ2) is 8.66. The molecule has 0 nitrogen and oxygen atoms in total. The van der Waals surface area contributed by atoms with E-state index in [9.17, 15) is 0 Å². The molecule has 0 aromatic carbocycles. The van der Waals surface area contributed by atoms with Crippen molar-refractivity contribution in [1.29, 1.82) is 0 Å². The summed E-state index contributed by atoms with van der Waals surface area (Å²) in [6, 6.07) is 9.31. The number of thiophene rings is 3. The van der Waals surface area contributed by atoms with E-state index in [0.717, 1.165) is 11.8 Å². The molecule has 25 heavy (non-hydrogen) atoms. The van der Waals surface area contributed by atoms with Gasteiger partial charge in [0, 0.05) is 19.5 Å². The highest BCUT2D eigenvalue weighted by atomic mass is 32.1. The second-order valence-electron chi connectivity index (χ2n) is 7.15. The maximum Gasteiger partial charge on any atom is 0.0474 e. The second-order valence-corrected chi connectivity index (χ2v) is 10.1. The predicted octanol–water partition coefficient (Wildman–Crippen LogP) is 8.38. The van der Waals surface area contributed by atoms with Gasteiger partial charge in [0.1, 0.15) is 0 Å². The van der Waals surface area contributed by atoms with Crippen LogP contribution < -0.4 is 0 Å². The maximum atomic E-state index is 2.36. The average molecular weight is 389 g/mol. The first-order valence-corrected chi connectivity index (χ1v) is 11.9. The van der Waals surface area contributed by atoms with Crippen molar-refractivity contribution < 1.29 is 0 Å². The quantitative estimate of drug-likeness (QED) is 0.363. The minimum absolute atomic E-state index is 0.757. The molecule has 2 atom stereocenters. The van der Waals surface area contributed by atoms with Crippen LogP contribution in [0.4, 0.5) is 0 Å². The van der Waals surface area contributed by atoms with Crippen LogP contribution in [-0.2, 0) is 12.8 Å². The van der Waals surface area contributed by atoms with Crippen LogP contribution in [0.2, 0.25) is 0 Å². The Labute approximate surface area is 164 Å². The molecule has 3 aromatic heterocycles. The molecule has 134 valence electrons. The van der Waals surface area contributed by atoms with Gasteiger partial charge in [0.15, 0.2) is 0 Å². The molecule has 0 saturated heterocycles. The van der Waals surface area contributed by atoms with E-state index in [1.807, 2.05) is 34.0 Å². The molecule has 0 bridgehead atoms. The van der Waals surface area contributed by atoms with Crippen molar-refractivity contribution >= 4 is 34.0 Å². The third-order valence-electron chi connectivity index (χ3n) is 5.08. The van der Waals surface area contributed by atoms with E-state index in [4.69, 9.17) is 0 Å². The lowest BCUT2D eigenvalue weighted by Crippen LogP contribution is -1.97. The van der Waals surface area contributed by atoms with Gasteiger partial charge in [0.25, 0.3) is 0 Å². The fraction of sp³-hybridized carbons (Fsp3) is 0.455. The first-order valence-electron chi connectivity index (χ1n) is 9.35. The Kier molecular flexibility index (Phi) is 6.54. The Morgan fingerprint density at radius 3 is 1.56 bits per heavy atom. The highest BCUT2D eigenvalue weighted by Crippen LogP contribution is 2.42. The van der Waals surface area contributed by atoms with Crippen LogP contribution in [-0.4, -0.2) is 0 Å². The minimum atomic E-state index is 0.757. The standard InChI is InChI=1S/C22H28S3/c1-5-15(3)13-17-9-11-23-21(17)19-7-8-20(25-19)22-18(10-12-24-22)14-16(4)6-2/h7-12,15-16H,5-6,13-14H2,1-4H3/t15-,16-/m0/s1. The van der Waals surface area contributed by atoms with Crippen LogP contribution in [0, 0.1) is 11.8 Å². The van der Waals surface area contributed by atoms with Gasteiger partial charge in [-0.05, 0) is 70.8 Å². The van der Waals surface area contributed by atoms with Crippen molar-refractivity contribution in [3.8, 4) is 19.5 Å². The maximum absolute atomic E-state index is 2.36. The summed E-state index contributed by atoms with van der Waals surface area (Å²) in [5.74, 6) is 1.51. The monoisotopic (exact) mass is 388 g/mol. The summed E-state index contributed by atoms with van der Waals surface area (Å²) < 4.78 is 0. The lowest BCUT2D eigenvalue weighted by Gasteiger charge is -2.09. The highest BCUT2D eigenvalue weighted by Gasteiger charge is 2.15. The molecule has 0 saturated carbocycles. The van der Waals surface area contributed by atoms with Crippen molar-refractivity contribution in [1.82, 2.24) is 0 Å². The van der Waals surface area contributed by atoms with E-state index >= 15 is 0 Å². The fourth-order valence-corrected chi connectivity index (χ4v) is 6.25. The third-order valence-corrected chi connectivity index (χ3v) is 8.44. The Balaban J connectivity index is 1.85. The van der Waals surface area contributed by atoms with Gasteiger partial charge >= 0.3 is 0 Å². The topological polar surface area (TPSA) is 0 Å². The molecule has 0 aliphatic rings. The zero-order valence-electron chi connectivity index (χ0n) is 15.7. The molecule has 0 N–H and O–H groups in total. The zero-order valence-corrected chi connectivity index (χ0v) is 18.1. The zero-order chi connectivity index (χ0) is 17.8. The lowest BCUT2D eigenvalue weighted by molar-refractivity contribution is 0.561. The van der Waals surface area contributed by atoms with Crippen LogP contribution in [0.1, 0.15) is 51.7 Å². The van der Waals surface area contributed by atoms with Crippen molar-refractivity contribution in [2.45, 2.75) is 53.4 Å². The summed E-state index contributed by atoms with van der Waals surface area (Å²) in [7, 11) is 0. The number of hydrogen-bond acceptors (Lipinski definition) is 3. The van der Waals surface area contributed by atoms with Gasteiger partial charge in [-0.25, -0.2) is 0 Å². The molecule has 0 radical (unpaired) electrons. The minimum Gasteiger partial charge on any atom is -0.143 e. The third kappa shape index (κ3) is 4.45. The molecule has 3 heterocycles. The SMILES string of the molecule is CC[C@H](C)Cc1ccsc1-c1ccc(-c2sccc2C[C@@H](C)CC)s1. The molecule has 0 aliphatic carbocycles. The fourth-order valence-electron chi connectivity index (χ4n) is 3.05. The van der Waals surface area contributed by atoms with Crippen LogP contribution in [0.25, 0.3) is 19.5 Å². The molecular weight excluding hydrogens is 360 g/mol. The molecular formula is C22H28S3. The van der Waals surface area contributed by atoms with E-state index in [-0.39, 0.29) is 0 Å². The molecule has 0 aliphatic heterocycles. The van der Waals surface area contributed by atoms with Gasteiger partial charge in [-0.1, -0.05) is 40.5 Å². The van der Waals surface area contributed by atoms with Gasteiger partial charge < -0.3 is 0 Å². The molecule has 0 amide bonds. The average Bonchev–Trinajstić information content (AvgIpc) is 3.33. The van der Waals surface area contributed by atoms with E-state index < -0.39 is 0 Å². The van der Waals surface area contributed by atoms with Crippen molar-refractivity contribution in [2.75, 3.05) is 0 Å². The molecule has 0 fully saturated rings. The highest BCUT2D eigenvalue weighted by molar-refractivity contribution is 7.25. The van der Waals surface area contributed by atoms with E-state index in [0.29, 0.717) is 0 Å². The smallest absolute Gasteiger partial charge is 0.0474 e. The van der Waals surface area contributed by atoms with E-state index in [1.54, 1.807) is 0 Å². The summed E-state index contributed by atoms with van der Waals surface area (Å²) >= 11 is 5.76. The largest absolute Gasteiger partial charge is 0.143 e. The Hall–Kier alpha value is -0.900. The van der Waals surface area contributed by atoms with Crippen LogP contribution in [0.5, 0.6) is 0 Å². The molecule has 3 aromatic rings. The number of rotatable bonds is 8. The molecule has 0 unspecified atom stereocenters. The van der Waals surface area contributed by atoms with E-state index in [2.05, 4.69) is 62.7 Å². The Bertz CT molecular complexity index is 725. The summed E-state index contributed by atoms with van der Waals surface area (Å²) in [5, 5.41) is 4.51. The van der Waals surface area contributed by atoms with Gasteiger partial charge in [0.2, 0.25) is 0 Å². The first-order chi connectivity index (χ1) is 12.1. The number of hydrogen-bond donors (Lipinski definition) is 0. The first kappa shape index (κ1) is 18.9. The molecule has 3 rings (SSSR count). The van der Waals surface area contributed by atoms with Crippen molar-refractivity contribution in [3.63, 3.8) is 0 Å². The Morgan fingerprint density at radius 2 is 1.16 bits per heavy atom. The normalized spacial score (nSPS) is 13.9. The van der Waals surface area contributed by atoms with Gasteiger partial charge in [-0.2, -0.15) is 0 Å². The summed E-state index contributed by atoms with van der Waals surface area (Å²) in [5.41, 5.74) is 3.05. The lowest BCUT2D eigenvalue weighted by atomic mass is 9.99. The van der Waals surface area contributed by atoms with Gasteiger partial charge in [0.05, 0.1) is 0 Å². The summed E-state index contributed by atoms with van der Waals surface area (Å²) in [6.45, 7) is 9.29. The van der Waals surface area contributed by atoms with Crippen LogP contribution in [0.15, 0.2) is 35.0 Å². The van der Waals surface area contributed by atoms with Gasteiger partial charge in [-0.3, -0.25) is 0 Å². The summed E-state index contributed by atoms with van der Waals surface area (Å²) in [6.07, 6.45) is 4.89. The van der Waals surface area contributed by atoms with Gasteiger partial charge in [-0.15, -0.1) is 34.0 Å².